The van der Waals surface area contributed by atoms with Crippen molar-refractivity contribution in [3.8, 4) is 0 Å². The van der Waals surface area contributed by atoms with Crippen molar-refractivity contribution in [3.63, 3.8) is 0 Å². The summed E-state index contributed by atoms with van der Waals surface area (Å²) in [4.78, 5) is 0. The molecule has 1 aliphatic rings. The molecule has 0 aromatic carbocycles. The van der Waals surface area contributed by atoms with Gasteiger partial charge in [0.2, 0.25) is 0 Å². The van der Waals surface area contributed by atoms with Gasteiger partial charge < -0.3 is 0 Å². The van der Waals surface area contributed by atoms with Gasteiger partial charge in [-0.3, -0.25) is 0 Å². The van der Waals surface area contributed by atoms with Crippen LogP contribution in [0.5, 0.6) is 0 Å². The third-order valence-electron chi connectivity index (χ3n) is 2.25. The SMILES string of the molecule is C1CCCC1.C[CH2][SbH][CH2]C.C[CH2][SbH][CH2]C. The third-order valence-corrected chi connectivity index (χ3v) is 7.96. The summed E-state index contributed by atoms with van der Waals surface area (Å²) in [6.45, 7) is 9.15. The summed E-state index contributed by atoms with van der Waals surface area (Å²) in [5.74, 6) is 0. The Kier molecular flexibility index (Phi) is 26.6. The third kappa shape index (κ3) is 25.7. The van der Waals surface area contributed by atoms with Gasteiger partial charge in [0.25, 0.3) is 0 Å². The molecule has 2 heteroatoms. The molecule has 0 spiro atoms. The molecule has 0 radical (unpaired) electrons. The van der Waals surface area contributed by atoms with Crippen LogP contribution in [0.1, 0.15) is 59.8 Å². The van der Waals surface area contributed by atoms with Gasteiger partial charge in [-0.2, -0.15) is 0 Å². The molecule has 0 bridgehead atoms. The summed E-state index contributed by atoms with van der Waals surface area (Å²) in [6, 6.07) is 0. The molecule has 0 aromatic rings. The molecule has 1 rings (SSSR count). The zero-order chi connectivity index (χ0) is 11.8. The van der Waals surface area contributed by atoms with E-state index in [0.29, 0.717) is 0 Å². The molecule has 0 aliphatic heterocycles. The van der Waals surface area contributed by atoms with Crippen molar-refractivity contribution in [2.24, 2.45) is 0 Å². The number of hydrogen-bond donors (Lipinski definition) is 0. The van der Waals surface area contributed by atoms with Crippen LogP contribution >= 0.6 is 0 Å². The van der Waals surface area contributed by atoms with Crippen LogP contribution in [0.25, 0.3) is 0 Å². The van der Waals surface area contributed by atoms with E-state index in [0.717, 1.165) is 0 Å². The molecule has 0 N–H and O–H groups in total. The fraction of sp³-hybridized carbons (Fsp3) is 1.00. The van der Waals surface area contributed by atoms with E-state index in [1.165, 1.54) is 49.6 Å². The number of rotatable bonds is 4. The maximum absolute atomic E-state index is 2.29. The van der Waals surface area contributed by atoms with Crippen LogP contribution in [0.3, 0.4) is 0 Å². The van der Waals surface area contributed by atoms with Crippen molar-refractivity contribution in [2.75, 3.05) is 0 Å². The summed E-state index contributed by atoms with van der Waals surface area (Å²) in [5.41, 5.74) is 0. The molecule has 0 atom stereocenters. The predicted molar refractivity (Wildman–Crippen MR) is 79.3 cm³/mol. The second kappa shape index (κ2) is 21.0. The van der Waals surface area contributed by atoms with E-state index >= 15 is 0 Å². The summed E-state index contributed by atoms with van der Waals surface area (Å²) in [5, 5.41) is 0. The fourth-order valence-corrected chi connectivity index (χ4v) is 4.24. The molecule has 1 saturated carbocycles. The normalized spacial score (nSPS) is 13.6. The molecule has 0 amide bonds. The van der Waals surface area contributed by atoms with E-state index in [-0.39, 0.29) is 43.2 Å². The van der Waals surface area contributed by atoms with Crippen molar-refractivity contribution >= 4 is 43.2 Å². The van der Waals surface area contributed by atoms with E-state index in [4.69, 9.17) is 0 Å². The summed E-state index contributed by atoms with van der Waals surface area (Å²) in [7, 11) is 0. The van der Waals surface area contributed by atoms with Gasteiger partial charge in [0, 0.05) is 0 Å². The van der Waals surface area contributed by atoms with Gasteiger partial charge >= 0.3 is 88.4 Å². The molecule has 1 fully saturated rings. The molecular formula is C13H32Sb2. The average molecular weight is 432 g/mol. The van der Waals surface area contributed by atoms with E-state index in [9.17, 15) is 0 Å². The van der Waals surface area contributed by atoms with Crippen molar-refractivity contribution in [1.82, 2.24) is 0 Å². The first-order valence-corrected chi connectivity index (χ1v) is 14.8. The van der Waals surface area contributed by atoms with Crippen LogP contribution in [-0.4, -0.2) is 43.2 Å². The first-order valence-electron chi connectivity index (χ1n) is 6.74. The average Bonchev–Trinajstić information content (AvgIpc) is 2.79. The maximum atomic E-state index is 2.29. The van der Waals surface area contributed by atoms with Gasteiger partial charge in [-0.25, -0.2) is 0 Å². The summed E-state index contributed by atoms with van der Waals surface area (Å²) < 4.78 is 6.06. The standard InChI is InChI=1S/C5H10.4C2H5.2Sb.2H/c1-2-4-5-3-1;4*1-2;;;;/h1-5H2;4*1H2,2H3;;;;. The van der Waals surface area contributed by atoms with Crippen LogP contribution in [0.15, 0.2) is 0 Å². The van der Waals surface area contributed by atoms with Gasteiger partial charge in [0.1, 0.15) is 0 Å². The van der Waals surface area contributed by atoms with E-state index < -0.39 is 0 Å². The monoisotopic (exact) mass is 430 g/mol. The Labute approximate surface area is 119 Å². The van der Waals surface area contributed by atoms with Gasteiger partial charge in [-0.15, -0.1) is 0 Å². The molecule has 0 nitrogen and oxygen atoms in total. The summed E-state index contributed by atoms with van der Waals surface area (Å²) in [6.07, 6.45) is 7.50. The summed E-state index contributed by atoms with van der Waals surface area (Å²) >= 11 is 0.436. The Balaban J connectivity index is 0. The van der Waals surface area contributed by atoms with Crippen molar-refractivity contribution in [2.45, 2.75) is 77.3 Å². The Bertz CT molecular complexity index is 63.0. The van der Waals surface area contributed by atoms with Crippen LogP contribution in [-0.2, 0) is 0 Å². The first-order chi connectivity index (χ1) is 7.33. The zero-order valence-electron chi connectivity index (χ0n) is 11.4. The van der Waals surface area contributed by atoms with Gasteiger partial charge in [0.15, 0.2) is 0 Å². The molecule has 15 heavy (non-hydrogen) atoms. The number of hydrogen-bond acceptors (Lipinski definition) is 0. The predicted octanol–water partition coefficient (Wildman–Crippen LogP) is 4.55. The van der Waals surface area contributed by atoms with Crippen molar-refractivity contribution in [3.05, 3.63) is 0 Å². The second-order valence-electron chi connectivity index (χ2n) is 3.68. The van der Waals surface area contributed by atoms with Crippen LogP contribution in [0.2, 0.25) is 17.5 Å². The zero-order valence-corrected chi connectivity index (χ0v) is 17.1. The van der Waals surface area contributed by atoms with E-state index in [1.807, 2.05) is 0 Å². The molecular weight excluding hydrogens is 400 g/mol. The van der Waals surface area contributed by atoms with Gasteiger partial charge in [-0.05, 0) is 0 Å². The first kappa shape index (κ1) is 19.0. The molecule has 0 saturated heterocycles. The topological polar surface area (TPSA) is 0 Å². The van der Waals surface area contributed by atoms with Crippen LogP contribution in [0, 0.1) is 0 Å². The van der Waals surface area contributed by atoms with E-state index in [2.05, 4.69) is 27.7 Å². The van der Waals surface area contributed by atoms with Crippen molar-refractivity contribution < 1.29 is 0 Å². The minimum absolute atomic E-state index is 0.218. The molecule has 0 unspecified atom stereocenters. The molecule has 1 aliphatic carbocycles. The van der Waals surface area contributed by atoms with Crippen LogP contribution in [0.4, 0.5) is 0 Å². The molecule has 94 valence electrons. The van der Waals surface area contributed by atoms with Gasteiger partial charge in [0.05, 0.1) is 0 Å². The Morgan fingerprint density at radius 2 is 0.733 bits per heavy atom. The minimum atomic E-state index is 0.218. The Morgan fingerprint density at radius 1 is 0.533 bits per heavy atom. The quantitative estimate of drug-likeness (QED) is 0.573. The van der Waals surface area contributed by atoms with Gasteiger partial charge in [-0.1, -0.05) is 32.1 Å². The molecule has 0 aromatic heterocycles. The molecule has 0 heterocycles. The Hall–Kier alpha value is 1.64. The van der Waals surface area contributed by atoms with Crippen LogP contribution < -0.4 is 0 Å². The fourth-order valence-electron chi connectivity index (χ4n) is 1.38. The van der Waals surface area contributed by atoms with E-state index in [1.54, 1.807) is 0 Å². The van der Waals surface area contributed by atoms with Crippen molar-refractivity contribution in [1.29, 1.82) is 0 Å². The second-order valence-corrected chi connectivity index (χ2v) is 14.6. The Morgan fingerprint density at radius 3 is 0.800 bits per heavy atom.